The molecule has 1 aromatic carbocycles. The van der Waals surface area contributed by atoms with Crippen molar-refractivity contribution < 1.29 is 17.0 Å². The van der Waals surface area contributed by atoms with Crippen LogP contribution in [0, 0.1) is 13.8 Å². The predicted octanol–water partition coefficient (Wildman–Crippen LogP) is -1.85. The summed E-state index contributed by atoms with van der Waals surface area (Å²) < 4.78 is 1.89. The molecule has 5 nitrogen and oxygen atoms in total. The fourth-order valence-corrected chi connectivity index (χ4v) is 2.19. The number of nitrogens with zero attached hydrogens (tertiary/aromatic N) is 2. The SMILES string of the molecule is Cc1cc(C)cc(-[n+]2c[nH]c(=O)c3cn[nH]c32)c1.[Cl-]. The lowest BCUT2D eigenvalue weighted by molar-refractivity contribution is -0.573. The molecule has 2 N–H and O–H groups in total. The maximum absolute atomic E-state index is 11.6. The maximum Gasteiger partial charge on any atom is 0.319 e. The van der Waals surface area contributed by atoms with E-state index in [-0.39, 0.29) is 18.0 Å². The summed E-state index contributed by atoms with van der Waals surface area (Å²) in [6.45, 7) is 4.10. The molecule has 0 bridgehead atoms. The number of fused-ring (bicyclic) bond motifs is 1. The van der Waals surface area contributed by atoms with Crippen LogP contribution in [0.3, 0.4) is 0 Å². The number of aromatic nitrogens is 4. The van der Waals surface area contributed by atoms with Crippen molar-refractivity contribution in [3.63, 3.8) is 0 Å². The first-order valence-electron chi connectivity index (χ1n) is 5.70. The molecule has 0 saturated heterocycles. The Morgan fingerprint density at radius 3 is 2.53 bits per heavy atom. The fraction of sp³-hybridized carbons (Fsp3) is 0.154. The van der Waals surface area contributed by atoms with Crippen molar-refractivity contribution >= 4 is 11.0 Å². The van der Waals surface area contributed by atoms with Gasteiger partial charge in [-0.15, -0.1) is 5.10 Å². The highest BCUT2D eigenvalue weighted by Crippen LogP contribution is 2.10. The molecule has 0 amide bonds. The fourth-order valence-electron chi connectivity index (χ4n) is 2.19. The molecule has 2 aromatic heterocycles. The normalized spacial score (nSPS) is 10.4. The molecule has 0 atom stereocenters. The van der Waals surface area contributed by atoms with E-state index in [9.17, 15) is 4.79 Å². The monoisotopic (exact) mass is 276 g/mol. The molecule has 0 unspecified atom stereocenters. The first kappa shape index (κ1) is 13.3. The summed E-state index contributed by atoms with van der Waals surface area (Å²) in [7, 11) is 0. The van der Waals surface area contributed by atoms with E-state index in [1.807, 2.05) is 18.4 Å². The van der Waals surface area contributed by atoms with Crippen molar-refractivity contribution in [3.05, 3.63) is 52.2 Å². The molecular formula is C13H13ClN4O. The molecule has 0 fully saturated rings. The summed E-state index contributed by atoms with van der Waals surface area (Å²) in [5.74, 6) is 0. The van der Waals surface area contributed by atoms with Crippen molar-refractivity contribution in [3.8, 4) is 5.69 Å². The Balaban J connectivity index is 0.00000133. The number of aromatic amines is 2. The third-order valence-electron chi connectivity index (χ3n) is 2.91. The predicted molar refractivity (Wildman–Crippen MR) is 67.7 cm³/mol. The van der Waals surface area contributed by atoms with Crippen molar-refractivity contribution in [2.75, 3.05) is 0 Å². The van der Waals surface area contributed by atoms with E-state index in [4.69, 9.17) is 0 Å². The van der Waals surface area contributed by atoms with Crippen LogP contribution in [0.15, 0.2) is 35.5 Å². The van der Waals surface area contributed by atoms with Gasteiger partial charge in [0.1, 0.15) is 5.69 Å². The molecule has 0 aliphatic rings. The maximum atomic E-state index is 11.6. The van der Waals surface area contributed by atoms with Gasteiger partial charge in [0, 0.05) is 0 Å². The highest BCUT2D eigenvalue weighted by Gasteiger charge is 2.13. The third-order valence-corrected chi connectivity index (χ3v) is 2.91. The molecule has 3 rings (SSSR count). The number of halogens is 1. The molecule has 0 saturated carbocycles. The van der Waals surface area contributed by atoms with Gasteiger partial charge in [-0.3, -0.25) is 4.79 Å². The first-order valence-corrected chi connectivity index (χ1v) is 5.70. The summed E-state index contributed by atoms with van der Waals surface area (Å²) in [6, 6.07) is 6.23. The number of rotatable bonds is 1. The molecular weight excluding hydrogens is 264 g/mol. The molecule has 6 heteroatoms. The second-order valence-corrected chi connectivity index (χ2v) is 4.45. The van der Waals surface area contributed by atoms with Gasteiger partial charge in [0.25, 0.3) is 5.65 Å². The van der Waals surface area contributed by atoms with E-state index >= 15 is 0 Å². The molecule has 3 aromatic rings. The van der Waals surface area contributed by atoms with Crippen LogP contribution in [0.25, 0.3) is 16.7 Å². The highest BCUT2D eigenvalue weighted by molar-refractivity contribution is 5.69. The number of aryl methyl sites for hydroxylation is 2. The standard InChI is InChI=1S/C13H12N4O.ClH/c1-8-3-9(2)5-10(4-8)17-7-14-13(18)11-6-15-16-12(11)17;/h3-7H,1-2H3,(H,15,16,18);1H. The minimum Gasteiger partial charge on any atom is -1.00 e. The van der Waals surface area contributed by atoms with Crippen molar-refractivity contribution in [1.82, 2.24) is 15.2 Å². The van der Waals surface area contributed by atoms with Gasteiger partial charge in [-0.25, -0.2) is 9.55 Å². The Bertz CT molecular complexity index is 770. The van der Waals surface area contributed by atoms with E-state index < -0.39 is 0 Å². The van der Waals surface area contributed by atoms with Gasteiger partial charge in [0.05, 0.1) is 6.20 Å². The topological polar surface area (TPSA) is 65.4 Å². The summed E-state index contributed by atoms with van der Waals surface area (Å²) >= 11 is 0. The Morgan fingerprint density at radius 1 is 1.16 bits per heavy atom. The Kier molecular flexibility index (Phi) is 3.40. The van der Waals surface area contributed by atoms with Crippen LogP contribution < -0.4 is 22.5 Å². The van der Waals surface area contributed by atoms with E-state index in [2.05, 4.69) is 33.4 Å². The van der Waals surface area contributed by atoms with Crippen LogP contribution in [0.1, 0.15) is 11.1 Å². The lowest BCUT2D eigenvalue weighted by atomic mass is 10.1. The summed E-state index contributed by atoms with van der Waals surface area (Å²) in [4.78, 5) is 14.3. The van der Waals surface area contributed by atoms with E-state index in [0.29, 0.717) is 11.0 Å². The van der Waals surface area contributed by atoms with Gasteiger partial charge in [-0.2, -0.15) is 5.10 Å². The number of benzene rings is 1. The molecule has 98 valence electrons. The summed E-state index contributed by atoms with van der Waals surface area (Å²) in [5, 5.41) is 7.34. The largest absolute Gasteiger partial charge is 1.00 e. The zero-order valence-electron chi connectivity index (χ0n) is 10.6. The zero-order valence-corrected chi connectivity index (χ0v) is 11.3. The average molecular weight is 277 g/mol. The molecule has 0 aliphatic carbocycles. The van der Waals surface area contributed by atoms with Gasteiger partial charge < -0.3 is 12.4 Å². The van der Waals surface area contributed by atoms with Crippen LogP contribution in [-0.2, 0) is 0 Å². The van der Waals surface area contributed by atoms with Gasteiger partial charge in [0.2, 0.25) is 0 Å². The number of nitrogens with one attached hydrogen (secondary N) is 2. The van der Waals surface area contributed by atoms with E-state index in [0.717, 1.165) is 5.69 Å². The number of hydrogen-bond donors (Lipinski definition) is 2. The molecule has 2 heterocycles. The second kappa shape index (κ2) is 4.85. The number of H-pyrrole nitrogens is 2. The van der Waals surface area contributed by atoms with Gasteiger partial charge in [0.15, 0.2) is 11.7 Å². The van der Waals surface area contributed by atoms with Crippen LogP contribution in [0.5, 0.6) is 0 Å². The van der Waals surface area contributed by atoms with E-state index in [1.165, 1.54) is 17.3 Å². The van der Waals surface area contributed by atoms with Crippen LogP contribution in [-0.4, -0.2) is 15.2 Å². The molecule has 0 spiro atoms. The Hall–Kier alpha value is -2.14. The zero-order chi connectivity index (χ0) is 12.7. The van der Waals surface area contributed by atoms with Crippen LogP contribution >= 0.6 is 0 Å². The van der Waals surface area contributed by atoms with Gasteiger partial charge in [-0.1, -0.05) is 6.07 Å². The summed E-state index contributed by atoms with van der Waals surface area (Å²) in [5.41, 5.74) is 3.91. The van der Waals surface area contributed by atoms with Crippen molar-refractivity contribution in [2.24, 2.45) is 0 Å². The minimum atomic E-state index is -0.139. The summed E-state index contributed by atoms with van der Waals surface area (Å²) in [6.07, 6.45) is 3.18. The lowest BCUT2D eigenvalue weighted by Crippen LogP contribution is -3.00. The quantitative estimate of drug-likeness (QED) is 0.513. The van der Waals surface area contributed by atoms with Crippen LogP contribution in [0.4, 0.5) is 0 Å². The third kappa shape index (κ3) is 2.24. The lowest BCUT2D eigenvalue weighted by Gasteiger charge is -2.04. The Labute approximate surface area is 115 Å². The van der Waals surface area contributed by atoms with E-state index in [1.54, 1.807) is 6.33 Å². The van der Waals surface area contributed by atoms with Crippen molar-refractivity contribution in [1.29, 1.82) is 0 Å². The minimum absolute atomic E-state index is 0. The number of hydrogen-bond acceptors (Lipinski definition) is 2. The van der Waals surface area contributed by atoms with Gasteiger partial charge in [-0.05, 0) is 37.1 Å². The molecule has 19 heavy (non-hydrogen) atoms. The first-order chi connectivity index (χ1) is 8.65. The average Bonchev–Trinajstić information content (AvgIpc) is 2.77. The highest BCUT2D eigenvalue weighted by atomic mass is 35.5. The van der Waals surface area contributed by atoms with Crippen LogP contribution in [0.2, 0.25) is 0 Å². The smallest absolute Gasteiger partial charge is 0.319 e. The van der Waals surface area contributed by atoms with Crippen molar-refractivity contribution in [2.45, 2.75) is 13.8 Å². The molecule has 0 aliphatic heterocycles. The second-order valence-electron chi connectivity index (χ2n) is 4.45. The van der Waals surface area contributed by atoms with Gasteiger partial charge >= 0.3 is 5.56 Å². The Morgan fingerprint density at radius 2 is 1.84 bits per heavy atom. The molecule has 0 radical (unpaired) electrons.